The molecule has 1 aromatic rings. The number of benzene rings is 1. The predicted octanol–water partition coefficient (Wildman–Crippen LogP) is 2.28. The smallest absolute Gasteiger partial charge is 0.202 e. The van der Waals surface area contributed by atoms with Crippen molar-refractivity contribution < 1.29 is 8.42 Å². The van der Waals surface area contributed by atoms with E-state index in [4.69, 9.17) is 0 Å². The molecule has 5 heteroatoms. The predicted molar refractivity (Wildman–Crippen MR) is 77.0 cm³/mol. The van der Waals surface area contributed by atoms with E-state index in [2.05, 4.69) is 9.44 Å². The molecule has 1 unspecified atom stereocenters. The Labute approximate surface area is 115 Å². The largest absolute Gasteiger partial charge is 0.277 e. The zero-order valence-corrected chi connectivity index (χ0v) is 12.3. The molecule has 1 atom stereocenters. The lowest BCUT2D eigenvalue weighted by molar-refractivity contribution is 0.517. The van der Waals surface area contributed by atoms with Gasteiger partial charge in [0.2, 0.25) is 0 Å². The van der Waals surface area contributed by atoms with Crippen LogP contribution in [0.4, 0.5) is 0 Å². The molecule has 0 aromatic heterocycles. The van der Waals surface area contributed by atoms with E-state index < -0.39 is 10.2 Å². The lowest BCUT2D eigenvalue weighted by Gasteiger charge is -2.20. The molecule has 4 nitrogen and oxygen atoms in total. The van der Waals surface area contributed by atoms with Crippen LogP contribution in [0.3, 0.4) is 0 Å². The van der Waals surface area contributed by atoms with Crippen LogP contribution in [0.15, 0.2) is 24.3 Å². The fourth-order valence-electron chi connectivity index (χ4n) is 2.22. The van der Waals surface area contributed by atoms with Gasteiger partial charge >= 0.3 is 0 Å². The summed E-state index contributed by atoms with van der Waals surface area (Å²) < 4.78 is 29.4. The molecule has 0 spiro atoms. The Hall–Kier alpha value is -0.910. The molecule has 0 radical (unpaired) electrons. The lowest BCUT2D eigenvalue weighted by Crippen LogP contribution is -2.40. The summed E-state index contributed by atoms with van der Waals surface area (Å²) in [6, 6.07) is 7.88. The third-order valence-electron chi connectivity index (χ3n) is 3.44. The zero-order chi connectivity index (χ0) is 13.9. The summed E-state index contributed by atoms with van der Waals surface area (Å²) in [5, 5.41) is 0. The molecule has 2 rings (SSSR count). The minimum atomic E-state index is -3.41. The van der Waals surface area contributed by atoms with Crippen molar-refractivity contribution in [2.45, 2.75) is 39.2 Å². The maximum atomic E-state index is 12.0. The van der Waals surface area contributed by atoms with Crippen molar-refractivity contribution in [1.29, 1.82) is 0 Å². The van der Waals surface area contributed by atoms with Crippen molar-refractivity contribution in [1.82, 2.24) is 9.44 Å². The molecule has 0 heterocycles. The first kappa shape index (κ1) is 14.5. The van der Waals surface area contributed by atoms with Crippen LogP contribution in [0.2, 0.25) is 0 Å². The fraction of sp³-hybridized carbons (Fsp3) is 0.571. The standard InChI is InChI=1S/C14H22N2O2S/c1-3-10-15-19(17,18)16-14(12-8-9-12)13-7-5-4-6-11(13)2/h4-7,12,14-16H,3,8-10H2,1-2H3. The fourth-order valence-corrected chi connectivity index (χ4v) is 3.43. The van der Waals surface area contributed by atoms with E-state index >= 15 is 0 Å². The van der Waals surface area contributed by atoms with Crippen molar-refractivity contribution in [2.75, 3.05) is 6.54 Å². The van der Waals surface area contributed by atoms with Gasteiger partial charge in [0, 0.05) is 6.54 Å². The molecule has 2 N–H and O–H groups in total. The second kappa shape index (κ2) is 6.03. The summed E-state index contributed by atoms with van der Waals surface area (Å²) in [5.41, 5.74) is 2.23. The van der Waals surface area contributed by atoms with Gasteiger partial charge in [-0.05, 0) is 43.2 Å². The molecular formula is C14H22N2O2S. The second-order valence-electron chi connectivity index (χ2n) is 5.19. The zero-order valence-electron chi connectivity index (χ0n) is 11.5. The Morgan fingerprint density at radius 1 is 1.32 bits per heavy atom. The topological polar surface area (TPSA) is 58.2 Å². The number of aryl methyl sites for hydroxylation is 1. The van der Waals surface area contributed by atoms with Crippen LogP contribution in [0.25, 0.3) is 0 Å². The normalized spacial score (nSPS) is 17.4. The van der Waals surface area contributed by atoms with E-state index in [-0.39, 0.29) is 6.04 Å². The van der Waals surface area contributed by atoms with Crippen LogP contribution in [0, 0.1) is 12.8 Å². The molecular weight excluding hydrogens is 260 g/mol. The van der Waals surface area contributed by atoms with Crippen molar-refractivity contribution in [3.63, 3.8) is 0 Å². The summed E-state index contributed by atoms with van der Waals surface area (Å²) in [5.74, 6) is 0.430. The summed E-state index contributed by atoms with van der Waals surface area (Å²) in [6.07, 6.45) is 2.98. The Morgan fingerprint density at radius 2 is 2.00 bits per heavy atom. The van der Waals surface area contributed by atoms with Crippen molar-refractivity contribution in [3.8, 4) is 0 Å². The van der Waals surface area contributed by atoms with Gasteiger partial charge in [0.1, 0.15) is 0 Å². The van der Waals surface area contributed by atoms with E-state index in [1.165, 1.54) is 0 Å². The highest BCUT2D eigenvalue weighted by Gasteiger charge is 2.35. The van der Waals surface area contributed by atoms with Gasteiger partial charge in [-0.2, -0.15) is 13.1 Å². The third kappa shape index (κ3) is 4.03. The van der Waals surface area contributed by atoms with Crippen LogP contribution in [0.5, 0.6) is 0 Å². The van der Waals surface area contributed by atoms with Crippen LogP contribution in [0.1, 0.15) is 43.4 Å². The van der Waals surface area contributed by atoms with Crippen LogP contribution in [-0.2, 0) is 10.2 Å². The summed E-state index contributed by atoms with van der Waals surface area (Å²) >= 11 is 0. The van der Waals surface area contributed by atoms with Crippen LogP contribution in [-0.4, -0.2) is 15.0 Å². The van der Waals surface area contributed by atoms with Gasteiger partial charge in [-0.1, -0.05) is 31.2 Å². The average Bonchev–Trinajstić information content (AvgIpc) is 3.19. The minimum absolute atomic E-state index is 0.101. The maximum absolute atomic E-state index is 12.0. The number of hydrogen-bond donors (Lipinski definition) is 2. The third-order valence-corrected chi connectivity index (χ3v) is 4.59. The van der Waals surface area contributed by atoms with E-state index in [0.29, 0.717) is 12.5 Å². The van der Waals surface area contributed by atoms with Gasteiger partial charge in [-0.25, -0.2) is 4.72 Å². The highest BCUT2D eigenvalue weighted by molar-refractivity contribution is 7.87. The summed E-state index contributed by atoms with van der Waals surface area (Å²) in [7, 11) is -3.41. The van der Waals surface area contributed by atoms with E-state index in [1.54, 1.807) is 0 Å². The van der Waals surface area contributed by atoms with Crippen molar-refractivity contribution in [3.05, 3.63) is 35.4 Å². The highest BCUT2D eigenvalue weighted by atomic mass is 32.2. The first-order chi connectivity index (χ1) is 9.03. The number of rotatable bonds is 7. The molecule has 1 saturated carbocycles. The molecule has 1 aromatic carbocycles. The molecule has 0 bridgehead atoms. The van der Waals surface area contributed by atoms with Crippen LogP contribution < -0.4 is 9.44 Å². The Bertz CT molecular complexity index is 524. The van der Waals surface area contributed by atoms with Gasteiger partial charge in [-0.15, -0.1) is 0 Å². The Morgan fingerprint density at radius 3 is 2.58 bits per heavy atom. The van der Waals surface area contributed by atoms with Gasteiger partial charge in [0.05, 0.1) is 6.04 Å². The van der Waals surface area contributed by atoms with Crippen molar-refractivity contribution in [2.24, 2.45) is 5.92 Å². The highest BCUT2D eigenvalue weighted by Crippen LogP contribution is 2.42. The Balaban J connectivity index is 2.16. The first-order valence-corrected chi connectivity index (χ1v) is 8.34. The molecule has 1 aliphatic carbocycles. The van der Waals surface area contributed by atoms with E-state index in [9.17, 15) is 8.42 Å². The molecule has 0 aliphatic heterocycles. The van der Waals surface area contributed by atoms with Gasteiger partial charge < -0.3 is 0 Å². The quantitative estimate of drug-likeness (QED) is 0.806. The van der Waals surface area contributed by atoms with Gasteiger partial charge in [0.15, 0.2) is 0 Å². The maximum Gasteiger partial charge on any atom is 0.277 e. The minimum Gasteiger partial charge on any atom is -0.202 e. The van der Waals surface area contributed by atoms with E-state index in [0.717, 1.165) is 30.4 Å². The Kier molecular flexibility index (Phi) is 4.60. The van der Waals surface area contributed by atoms with Gasteiger partial charge in [-0.3, -0.25) is 0 Å². The van der Waals surface area contributed by atoms with Gasteiger partial charge in [0.25, 0.3) is 10.2 Å². The SMILES string of the molecule is CCCNS(=O)(=O)NC(c1ccccc1C)C1CC1. The number of nitrogens with one attached hydrogen (secondary N) is 2. The molecule has 1 aliphatic rings. The van der Waals surface area contributed by atoms with Crippen LogP contribution >= 0.6 is 0 Å². The monoisotopic (exact) mass is 282 g/mol. The molecule has 1 fully saturated rings. The lowest BCUT2D eigenvalue weighted by atomic mass is 9.99. The second-order valence-corrected chi connectivity index (χ2v) is 6.72. The first-order valence-electron chi connectivity index (χ1n) is 6.86. The van der Waals surface area contributed by atoms with E-state index in [1.807, 2.05) is 38.1 Å². The number of hydrogen-bond acceptors (Lipinski definition) is 2. The summed E-state index contributed by atoms with van der Waals surface area (Å²) in [6.45, 7) is 4.45. The molecule has 0 amide bonds. The molecule has 19 heavy (non-hydrogen) atoms. The molecule has 106 valence electrons. The average molecular weight is 282 g/mol. The summed E-state index contributed by atoms with van der Waals surface area (Å²) in [4.78, 5) is 0. The molecule has 0 saturated heterocycles. The van der Waals surface area contributed by atoms with Crippen molar-refractivity contribution >= 4 is 10.2 Å².